The van der Waals surface area contributed by atoms with Gasteiger partial charge in [0, 0.05) is 4.75 Å². The molecule has 0 saturated carbocycles. The summed E-state index contributed by atoms with van der Waals surface area (Å²) in [6.45, 7) is 7.20. The predicted molar refractivity (Wildman–Crippen MR) is 112 cm³/mol. The Bertz CT molecular complexity index is 874. The highest BCUT2D eigenvalue weighted by Gasteiger charge is 2.74. The van der Waals surface area contributed by atoms with Crippen LogP contribution in [0.3, 0.4) is 0 Å². The second-order valence-electron chi connectivity index (χ2n) is 7.34. The molecule has 29 heavy (non-hydrogen) atoms. The number of alkyl halides is 1. The summed E-state index contributed by atoms with van der Waals surface area (Å²) >= 11 is 4.68. The van der Waals surface area contributed by atoms with Gasteiger partial charge in [-0.3, -0.25) is 9.59 Å². The first kappa shape index (κ1) is 21.9. The molecule has 2 unspecified atom stereocenters. The maximum atomic E-state index is 13.1. The third-order valence-electron chi connectivity index (χ3n) is 5.11. The van der Waals surface area contributed by atoms with Gasteiger partial charge in [-0.05, 0) is 26.0 Å². The van der Waals surface area contributed by atoms with Gasteiger partial charge in [0.1, 0.15) is 29.9 Å². The number of thioether (sulfide) groups is 1. The van der Waals surface area contributed by atoms with Gasteiger partial charge in [0.25, 0.3) is 0 Å². The number of Topliss-reactive ketones (excluding diaryl/α,β-unsaturated/α-hetero) is 1. The molecule has 3 rings (SSSR count). The number of methoxy groups -OCH3 is 1. The van der Waals surface area contributed by atoms with E-state index in [4.69, 9.17) is 9.47 Å². The van der Waals surface area contributed by atoms with Crippen LogP contribution >= 0.6 is 27.7 Å². The van der Waals surface area contributed by atoms with Gasteiger partial charge in [-0.25, -0.2) is 4.79 Å². The summed E-state index contributed by atoms with van der Waals surface area (Å²) in [5.41, 5.74) is 0.178. The number of ketones is 1. The average Bonchev–Trinajstić information content (AvgIpc) is 2.99. The van der Waals surface area contributed by atoms with E-state index in [0.717, 1.165) is 0 Å². The zero-order chi connectivity index (χ0) is 21.6. The summed E-state index contributed by atoms with van der Waals surface area (Å²) in [6.07, 6.45) is -0.203. The molecule has 0 aromatic heterocycles. The second kappa shape index (κ2) is 7.77. The van der Waals surface area contributed by atoms with E-state index in [1.807, 2.05) is 13.8 Å². The van der Waals surface area contributed by atoms with Gasteiger partial charge in [0.05, 0.1) is 12.7 Å². The van der Waals surface area contributed by atoms with E-state index in [0.29, 0.717) is 5.75 Å². The number of fused-ring (bicyclic) bond motifs is 1. The Balaban J connectivity index is 1.89. The van der Waals surface area contributed by atoms with Crippen LogP contribution in [0, 0.1) is 0 Å². The number of carbonyl (C=O) groups excluding carboxylic acids is 3. The van der Waals surface area contributed by atoms with Gasteiger partial charge in [-0.15, -0.1) is 11.8 Å². The smallest absolute Gasteiger partial charge is 0.330 e. The summed E-state index contributed by atoms with van der Waals surface area (Å²) in [5.74, 6) is -1.40. The number of ether oxygens (including phenoxy) is 2. The number of hydrogen-bond acceptors (Lipinski definition) is 7. The van der Waals surface area contributed by atoms with Crippen molar-refractivity contribution < 1.29 is 29.0 Å². The number of hydrogen-bond donors (Lipinski definition) is 1. The number of benzene rings is 1. The maximum Gasteiger partial charge on any atom is 0.330 e. The molecule has 2 fully saturated rings. The van der Waals surface area contributed by atoms with Crippen LogP contribution in [0.25, 0.3) is 0 Å². The van der Waals surface area contributed by atoms with Gasteiger partial charge in [0.2, 0.25) is 5.91 Å². The quantitative estimate of drug-likeness (QED) is 0.209. The van der Waals surface area contributed by atoms with Crippen molar-refractivity contribution in [1.82, 2.24) is 4.90 Å². The minimum atomic E-state index is -1.65. The second-order valence-corrected chi connectivity index (χ2v) is 10.4. The highest BCUT2D eigenvalue weighted by atomic mass is 79.9. The third kappa shape index (κ3) is 3.29. The number of aliphatic hydroxyl groups is 1. The fourth-order valence-electron chi connectivity index (χ4n) is 3.68. The van der Waals surface area contributed by atoms with Crippen molar-refractivity contribution >= 4 is 45.4 Å². The Hall–Kier alpha value is -1.84. The Morgan fingerprint density at radius 2 is 2.07 bits per heavy atom. The largest absolute Gasteiger partial charge is 0.496 e. The Kier molecular flexibility index (Phi) is 5.86. The van der Waals surface area contributed by atoms with Crippen molar-refractivity contribution in [3.8, 4) is 5.75 Å². The molecule has 0 bridgehead atoms. The molecule has 1 amide bonds. The topological polar surface area (TPSA) is 93.1 Å². The number of rotatable bonds is 7. The SMILES string of the molecule is C=CCOC(=O)[C@@H]1N2C(=O)C(Br)(C(O)C(=O)c3ccccc3OC)[C@H]2SC1(C)C. The van der Waals surface area contributed by atoms with E-state index in [1.54, 1.807) is 18.2 Å². The van der Waals surface area contributed by atoms with Gasteiger partial charge in [0.15, 0.2) is 10.1 Å². The summed E-state index contributed by atoms with van der Waals surface area (Å²) in [6, 6.07) is 5.66. The van der Waals surface area contributed by atoms with Gasteiger partial charge < -0.3 is 19.5 Å². The molecule has 2 heterocycles. The molecule has 9 heteroatoms. The van der Waals surface area contributed by atoms with E-state index in [-0.39, 0.29) is 12.2 Å². The number of nitrogens with zero attached hydrogens (tertiary/aromatic N) is 1. The molecule has 0 aliphatic carbocycles. The minimum absolute atomic E-state index is 0.0388. The number of halogens is 1. The molecule has 156 valence electrons. The number of aliphatic hydroxyl groups excluding tert-OH is 1. The van der Waals surface area contributed by atoms with Crippen molar-refractivity contribution in [2.75, 3.05) is 13.7 Å². The van der Waals surface area contributed by atoms with Crippen LogP contribution in [-0.2, 0) is 14.3 Å². The summed E-state index contributed by atoms with van der Waals surface area (Å²) in [5, 5.41) is 10.3. The zero-order valence-corrected chi connectivity index (χ0v) is 18.7. The van der Waals surface area contributed by atoms with Crippen LogP contribution in [0.15, 0.2) is 36.9 Å². The number of amides is 1. The minimum Gasteiger partial charge on any atom is -0.496 e. The van der Waals surface area contributed by atoms with Crippen molar-refractivity contribution in [2.24, 2.45) is 0 Å². The Labute approximate surface area is 181 Å². The lowest BCUT2D eigenvalue weighted by Crippen LogP contribution is -2.75. The molecule has 7 nitrogen and oxygen atoms in total. The molecule has 0 spiro atoms. The van der Waals surface area contributed by atoms with Gasteiger partial charge in [-0.2, -0.15) is 0 Å². The molecule has 2 saturated heterocycles. The standard InChI is InChI=1S/C20H22BrNO6S/c1-5-10-28-16(25)14-19(2,3)29-18-20(21,17(26)22(14)18)15(24)13(23)11-8-6-7-9-12(11)27-4/h5-9,14-15,18,24H,1,10H2,2-4H3/t14-,15?,18+,20?/m0/s1. The number of para-hydroxylation sites is 1. The molecule has 1 aromatic carbocycles. The monoisotopic (exact) mass is 483 g/mol. The predicted octanol–water partition coefficient (Wildman–Crippen LogP) is 2.16. The first-order valence-corrected chi connectivity index (χ1v) is 10.6. The van der Waals surface area contributed by atoms with Gasteiger partial charge >= 0.3 is 5.97 Å². The molecular formula is C20H22BrNO6S. The van der Waals surface area contributed by atoms with E-state index in [9.17, 15) is 19.5 Å². The fraction of sp³-hybridized carbons (Fsp3) is 0.450. The first-order valence-electron chi connectivity index (χ1n) is 8.93. The fourth-order valence-corrected chi connectivity index (χ4v) is 6.24. The summed E-state index contributed by atoms with van der Waals surface area (Å²) in [7, 11) is 1.42. The van der Waals surface area contributed by atoms with E-state index in [2.05, 4.69) is 22.5 Å². The van der Waals surface area contributed by atoms with Crippen molar-refractivity contribution in [1.29, 1.82) is 0 Å². The van der Waals surface area contributed by atoms with Crippen LogP contribution in [0.4, 0.5) is 0 Å². The van der Waals surface area contributed by atoms with Crippen molar-refractivity contribution in [3.05, 3.63) is 42.5 Å². The van der Waals surface area contributed by atoms with Gasteiger partial charge in [-0.1, -0.05) is 40.7 Å². The molecule has 1 N–H and O–H groups in total. The Morgan fingerprint density at radius 3 is 2.69 bits per heavy atom. The molecule has 2 aliphatic heterocycles. The summed E-state index contributed by atoms with van der Waals surface area (Å²) < 4.78 is 8.15. The number of esters is 1. The lowest BCUT2D eigenvalue weighted by molar-refractivity contribution is -0.166. The number of carbonyl (C=O) groups is 3. The maximum absolute atomic E-state index is 13.1. The average molecular weight is 484 g/mol. The Morgan fingerprint density at radius 1 is 1.41 bits per heavy atom. The molecule has 4 atom stereocenters. The van der Waals surface area contributed by atoms with Crippen LogP contribution in [0.2, 0.25) is 0 Å². The highest BCUT2D eigenvalue weighted by Crippen LogP contribution is 2.59. The first-order chi connectivity index (χ1) is 13.6. The highest BCUT2D eigenvalue weighted by molar-refractivity contribution is 9.10. The molecular weight excluding hydrogens is 462 g/mol. The molecule has 1 aromatic rings. The zero-order valence-electron chi connectivity index (χ0n) is 16.3. The van der Waals surface area contributed by atoms with Crippen LogP contribution < -0.4 is 4.74 Å². The van der Waals surface area contributed by atoms with E-state index < -0.39 is 44.3 Å². The van der Waals surface area contributed by atoms with Crippen LogP contribution in [0.1, 0.15) is 24.2 Å². The lowest BCUT2D eigenvalue weighted by Gasteiger charge is -2.51. The van der Waals surface area contributed by atoms with Crippen molar-refractivity contribution in [3.63, 3.8) is 0 Å². The third-order valence-corrected chi connectivity index (χ3v) is 8.27. The molecule has 2 aliphatic rings. The van der Waals surface area contributed by atoms with Crippen LogP contribution in [0.5, 0.6) is 5.75 Å². The number of β-lactam (4-membered cyclic amide) rings is 1. The van der Waals surface area contributed by atoms with E-state index in [1.165, 1.54) is 35.9 Å². The van der Waals surface area contributed by atoms with Crippen molar-refractivity contribution in [2.45, 2.75) is 40.4 Å². The van der Waals surface area contributed by atoms with Crippen LogP contribution in [-0.4, -0.2) is 68.0 Å². The summed E-state index contributed by atoms with van der Waals surface area (Å²) in [4.78, 5) is 40.0. The molecule has 0 radical (unpaired) electrons. The normalized spacial score (nSPS) is 28.2. The van der Waals surface area contributed by atoms with E-state index >= 15 is 0 Å². The lowest BCUT2D eigenvalue weighted by atomic mass is 9.84.